The molecule has 0 aliphatic rings. The van der Waals surface area contributed by atoms with Crippen LogP contribution in [-0.4, -0.2) is 14.6 Å². The Bertz CT molecular complexity index is 842. The molecule has 5 nitrogen and oxygen atoms in total. The van der Waals surface area contributed by atoms with E-state index < -0.39 is 0 Å². The van der Waals surface area contributed by atoms with Gasteiger partial charge in [0.05, 0.1) is 12.2 Å². The van der Waals surface area contributed by atoms with Gasteiger partial charge in [-0.05, 0) is 34.5 Å². The highest BCUT2D eigenvalue weighted by Crippen LogP contribution is 2.21. The van der Waals surface area contributed by atoms with Crippen molar-refractivity contribution in [1.29, 1.82) is 0 Å². The number of fused-ring (bicyclic) bond motifs is 1. The van der Waals surface area contributed by atoms with Crippen LogP contribution in [0.4, 0.5) is 5.69 Å². The minimum Gasteiger partial charge on any atom is -0.378 e. The van der Waals surface area contributed by atoms with Gasteiger partial charge >= 0.3 is 0 Å². The molecule has 0 amide bonds. The van der Waals surface area contributed by atoms with E-state index in [9.17, 15) is 4.79 Å². The van der Waals surface area contributed by atoms with Crippen molar-refractivity contribution in [3.63, 3.8) is 0 Å². The number of nitrogens with zero attached hydrogens (tertiary/aromatic N) is 3. The van der Waals surface area contributed by atoms with Crippen molar-refractivity contribution in [3.8, 4) is 0 Å². The van der Waals surface area contributed by atoms with E-state index in [4.69, 9.17) is 0 Å². The Morgan fingerprint density at radius 1 is 1.38 bits per heavy atom. The van der Waals surface area contributed by atoms with Gasteiger partial charge in [-0.25, -0.2) is 4.98 Å². The molecule has 0 aliphatic carbocycles. The van der Waals surface area contributed by atoms with Crippen molar-refractivity contribution in [1.82, 2.24) is 14.6 Å². The molecule has 0 aliphatic heterocycles. The first-order valence-corrected chi connectivity index (χ1v) is 8.15. The third-order valence-corrected chi connectivity index (χ3v) is 4.72. The zero-order valence-corrected chi connectivity index (χ0v) is 13.7. The topological polar surface area (TPSA) is 59.3 Å². The van der Waals surface area contributed by atoms with E-state index in [0.29, 0.717) is 17.2 Å². The van der Waals surface area contributed by atoms with Crippen molar-refractivity contribution in [2.24, 2.45) is 0 Å². The summed E-state index contributed by atoms with van der Waals surface area (Å²) in [5, 5.41) is 8.42. The first kappa shape index (κ1) is 14.2. The van der Waals surface area contributed by atoms with Crippen LogP contribution >= 0.6 is 27.3 Å². The summed E-state index contributed by atoms with van der Waals surface area (Å²) < 4.78 is 2.35. The molecular formula is C14H13BrN4OS. The number of para-hydroxylation sites is 1. The fraction of sp³-hybridized carbons (Fsp3) is 0.214. The lowest BCUT2D eigenvalue weighted by Gasteiger charge is -2.07. The van der Waals surface area contributed by atoms with Crippen LogP contribution in [0.5, 0.6) is 0 Å². The van der Waals surface area contributed by atoms with Crippen LogP contribution in [-0.2, 0) is 13.0 Å². The summed E-state index contributed by atoms with van der Waals surface area (Å²) in [6.45, 7) is 2.51. The van der Waals surface area contributed by atoms with Crippen molar-refractivity contribution in [2.75, 3.05) is 5.32 Å². The largest absolute Gasteiger partial charge is 0.378 e. The maximum Gasteiger partial charge on any atom is 0.275 e. The molecule has 1 aromatic carbocycles. The summed E-state index contributed by atoms with van der Waals surface area (Å²) in [5.41, 5.74) is 1.54. The highest BCUT2D eigenvalue weighted by Gasteiger charge is 2.08. The Kier molecular flexibility index (Phi) is 4.03. The maximum atomic E-state index is 12.0. The number of halogens is 1. The van der Waals surface area contributed by atoms with Crippen LogP contribution in [0.2, 0.25) is 0 Å². The van der Waals surface area contributed by atoms with E-state index in [0.717, 1.165) is 21.6 Å². The van der Waals surface area contributed by atoms with Gasteiger partial charge in [-0.3, -0.25) is 4.79 Å². The predicted molar refractivity (Wildman–Crippen MR) is 88.0 cm³/mol. The molecule has 1 N–H and O–H groups in total. The number of hydrogen-bond donors (Lipinski definition) is 1. The van der Waals surface area contributed by atoms with Gasteiger partial charge < -0.3 is 5.32 Å². The summed E-state index contributed by atoms with van der Waals surface area (Å²) in [4.78, 5) is 17.2. The van der Waals surface area contributed by atoms with Crippen LogP contribution in [0, 0.1) is 0 Å². The average molecular weight is 365 g/mol. The Labute approximate surface area is 133 Å². The zero-order chi connectivity index (χ0) is 14.8. The van der Waals surface area contributed by atoms with Crippen LogP contribution < -0.4 is 10.9 Å². The smallest absolute Gasteiger partial charge is 0.275 e. The van der Waals surface area contributed by atoms with Gasteiger partial charge in [0.1, 0.15) is 5.01 Å². The summed E-state index contributed by atoms with van der Waals surface area (Å²) in [6.07, 6.45) is 0.804. The molecule has 7 heteroatoms. The monoisotopic (exact) mass is 364 g/mol. The maximum absolute atomic E-state index is 12.0. The normalized spacial score (nSPS) is 11.0. The second kappa shape index (κ2) is 5.95. The van der Waals surface area contributed by atoms with Crippen LogP contribution in [0.15, 0.2) is 39.6 Å². The highest BCUT2D eigenvalue weighted by molar-refractivity contribution is 9.10. The molecular weight excluding hydrogens is 352 g/mol. The van der Waals surface area contributed by atoms with Gasteiger partial charge in [0.25, 0.3) is 5.56 Å². The molecule has 0 radical (unpaired) electrons. The number of benzene rings is 1. The zero-order valence-electron chi connectivity index (χ0n) is 11.3. The Morgan fingerprint density at radius 2 is 2.19 bits per heavy atom. The molecule has 0 atom stereocenters. The molecule has 0 fully saturated rings. The van der Waals surface area contributed by atoms with Crippen LogP contribution in [0.25, 0.3) is 4.96 Å². The highest BCUT2D eigenvalue weighted by atomic mass is 79.9. The van der Waals surface area contributed by atoms with Crippen LogP contribution in [0.3, 0.4) is 0 Å². The number of aryl methyl sites for hydroxylation is 1. The Hall–Kier alpha value is -1.73. The van der Waals surface area contributed by atoms with Gasteiger partial charge in [0, 0.05) is 16.2 Å². The SMILES string of the molecule is CCc1nn2c(=O)cc(CNc3ccccc3Br)nc2s1. The number of anilines is 1. The van der Waals surface area contributed by atoms with Gasteiger partial charge in [-0.15, -0.1) is 0 Å². The Balaban J connectivity index is 1.87. The van der Waals surface area contributed by atoms with Crippen molar-refractivity contribution in [3.05, 3.63) is 55.9 Å². The van der Waals surface area contributed by atoms with Gasteiger partial charge in [0.15, 0.2) is 0 Å². The lowest BCUT2D eigenvalue weighted by Crippen LogP contribution is -2.16. The minimum atomic E-state index is -0.139. The summed E-state index contributed by atoms with van der Waals surface area (Å²) in [6, 6.07) is 9.36. The molecule has 108 valence electrons. The first-order valence-electron chi connectivity index (χ1n) is 6.54. The van der Waals surface area contributed by atoms with E-state index in [1.807, 2.05) is 31.2 Å². The van der Waals surface area contributed by atoms with Crippen molar-refractivity contribution in [2.45, 2.75) is 19.9 Å². The molecule has 0 unspecified atom stereocenters. The minimum absolute atomic E-state index is 0.139. The first-order chi connectivity index (χ1) is 10.2. The molecule has 0 saturated carbocycles. The number of hydrogen-bond acceptors (Lipinski definition) is 5. The van der Waals surface area contributed by atoms with E-state index in [1.165, 1.54) is 21.9 Å². The average Bonchev–Trinajstić information content (AvgIpc) is 2.90. The van der Waals surface area contributed by atoms with Crippen molar-refractivity contribution >= 4 is 37.9 Å². The van der Waals surface area contributed by atoms with Gasteiger partial charge in [0.2, 0.25) is 4.96 Å². The fourth-order valence-electron chi connectivity index (χ4n) is 1.92. The number of nitrogens with one attached hydrogen (secondary N) is 1. The molecule has 3 aromatic rings. The molecule has 3 rings (SSSR count). The van der Waals surface area contributed by atoms with E-state index >= 15 is 0 Å². The lowest BCUT2D eigenvalue weighted by atomic mass is 10.3. The van der Waals surface area contributed by atoms with Crippen molar-refractivity contribution < 1.29 is 0 Å². The van der Waals surface area contributed by atoms with E-state index in [1.54, 1.807) is 0 Å². The van der Waals surface area contributed by atoms with Gasteiger partial charge in [-0.2, -0.15) is 9.61 Å². The molecule has 0 saturated heterocycles. The second-order valence-corrected chi connectivity index (χ2v) is 6.36. The van der Waals surface area contributed by atoms with E-state index in [-0.39, 0.29) is 5.56 Å². The second-order valence-electron chi connectivity index (χ2n) is 4.46. The van der Waals surface area contributed by atoms with E-state index in [2.05, 4.69) is 31.3 Å². The number of rotatable bonds is 4. The molecule has 0 bridgehead atoms. The standard InChI is InChI=1S/C14H13BrN4OS/c1-2-12-18-19-13(20)7-9(17-14(19)21-12)8-16-11-6-4-3-5-10(11)15/h3-7,16H,2,8H2,1H3. The molecule has 0 spiro atoms. The Morgan fingerprint density at radius 3 is 2.95 bits per heavy atom. The summed E-state index contributed by atoms with van der Waals surface area (Å²) >= 11 is 4.93. The lowest BCUT2D eigenvalue weighted by molar-refractivity contribution is 0.846. The molecule has 21 heavy (non-hydrogen) atoms. The van der Waals surface area contributed by atoms with Crippen LogP contribution in [0.1, 0.15) is 17.6 Å². The summed E-state index contributed by atoms with van der Waals surface area (Å²) in [7, 11) is 0. The quantitative estimate of drug-likeness (QED) is 0.772. The predicted octanol–water partition coefficient (Wildman–Crippen LogP) is 3.09. The molecule has 2 heterocycles. The molecule has 2 aromatic heterocycles. The summed E-state index contributed by atoms with van der Waals surface area (Å²) in [5.74, 6) is 0. The third-order valence-electron chi connectivity index (χ3n) is 2.98. The number of aromatic nitrogens is 3. The van der Waals surface area contributed by atoms with Gasteiger partial charge in [-0.1, -0.05) is 30.4 Å². The fourth-order valence-corrected chi connectivity index (χ4v) is 3.20. The third kappa shape index (κ3) is 2.98.